The van der Waals surface area contributed by atoms with E-state index in [1.165, 1.54) is 4.68 Å². The molecule has 0 saturated heterocycles. The fourth-order valence-corrected chi connectivity index (χ4v) is 3.14. The van der Waals surface area contributed by atoms with Crippen molar-refractivity contribution in [3.63, 3.8) is 0 Å². The van der Waals surface area contributed by atoms with E-state index in [4.69, 9.17) is 5.73 Å². The molecule has 7 heteroatoms. The lowest BCUT2D eigenvalue weighted by atomic mass is 10.1. The normalized spacial score (nSPS) is 10.5. The van der Waals surface area contributed by atoms with Crippen LogP contribution >= 0.6 is 12.4 Å². The van der Waals surface area contributed by atoms with Crippen molar-refractivity contribution in [2.75, 3.05) is 13.1 Å². The summed E-state index contributed by atoms with van der Waals surface area (Å²) in [6, 6.07) is 17.2. The molecule has 1 aromatic heterocycles. The molecule has 0 atom stereocenters. The summed E-state index contributed by atoms with van der Waals surface area (Å²) in [6.45, 7) is 1.65. The summed E-state index contributed by atoms with van der Waals surface area (Å²) in [4.78, 5) is 27.1. The third kappa shape index (κ3) is 4.97. The molecule has 2 aromatic carbocycles. The van der Waals surface area contributed by atoms with Crippen LogP contribution < -0.4 is 11.3 Å². The molecule has 3 aromatic rings. The molecule has 0 fully saturated rings. The average molecular weight is 401 g/mol. The number of fused-ring (bicyclic) bond motifs is 1. The molecule has 148 valence electrons. The van der Waals surface area contributed by atoms with E-state index in [9.17, 15) is 9.59 Å². The van der Waals surface area contributed by atoms with Gasteiger partial charge in [0.15, 0.2) is 0 Å². The van der Waals surface area contributed by atoms with Crippen LogP contribution in [0.3, 0.4) is 0 Å². The molecule has 1 heterocycles. The van der Waals surface area contributed by atoms with Crippen LogP contribution in [0.5, 0.6) is 0 Å². The molecular formula is C21H25ClN4O2. The van der Waals surface area contributed by atoms with Gasteiger partial charge in [0.25, 0.3) is 5.56 Å². The highest BCUT2D eigenvalue weighted by Crippen LogP contribution is 2.15. The number of aryl methyl sites for hydroxylation is 1. The molecule has 0 unspecified atom stereocenters. The third-order valence-electron chi connectivity index (χ3n) is 4.55. The number of nitrogens with two attached hydrogens (primary N) is 1. The zero-order valence-electron chi connectivity index (χ0n) is 15.9. The van der Waals surface area contributed by atoms with Crippen molar-refractivity contribution in [3.8, 4) is 0 Å². The van der Waals surface area contributed by atoms with Crippen LogP contribution in [0.25, 0.3) is 10.8 Å². The Morgan fingerprint density at radius 2 is 1.71 bits per heavy atom. The van der Waals surface area contributed by atoms with Gasteiger partial charge < -0.3 is 10.6 Å². The Hall–Kier alpha value is -2.70. The van der Waals surface area contributed by atoms with Gasteiger partial charge in [-0.1, -0.05) is 48.5 Å². The number of benzene rings is 2. The van der Waals surface area contributed by atoms with Gasteiger partial charge in [-0.3, -0.25) is 9.59 Å². The topological polar surface area (TPSA) is 81.2 Å². The summed E-state index contributed by atoms with van der Waals surface area (Å²) in [5.74, 6) is -0.0244. The number of carbonyl (C=O) groups is 1. The molecule has 6 nitrogen and oxygen atoms in total. The number of hydrogen-bond acceptors (Lipinski definition) is 4. The average Bonchev–Trinajstić information content (AvgIpc) is 2.69. The summed E-state index contributed by atoms with van der Waals surface area (Å²) in [5, 5.41) is 5.65. The number of rotatable bonds is 7. The monoisotopic (exact) mass is 400 g/mol. The second kappa shape index (κ2) is 10.0. The number of carbonyl (C=O) groups excluding carboxylic acids is 1. The van der Waals surface area contributed by atoms with E-state index in [-0.39, 0.29) is 30.3 Å². The molecule has 1 amide bonds. The molecule has 0 saturated carbocycles. The first-order valence-electron chi connectivity index (χ1n) is 9.07. The summed E-state index contributed by atoms with van der Waals surface area (Å²) in [5.41, 5.74) is 7.17. The van der Waals surface area contributed by atoms with Crippen LogP contribution in [0, 0.1) is 0 Å². The molecule has 0 aliphatic carbocycles. The van der Waals surface area contributed by atoms with Crippen LogP contribution in [0.2, 0.25) is 0 Å². The Kier molecular flexibility index (Phi) is 7.72. The van der Waals surface area contributed by atoms with E-state index >= 15 is 0 Å². The van der Waals surface area contributed by atoms with E-state index in [0.717, 1.165) is 17.4 Å². The van der Waals surface area contributed by atoms with Crippen LogP contribution in [0.1, 0.15) is 17.7 Å². The lowest BCUT2D eigenvalue weighted by molar-refractivity contribution is -0.131. The van der Waals surface area contributed by atoms with Crippen LogP contribution in [-0.2, 0) is 24.8 Å². The Bertz CT molecular complexity index is 989. The van der Waals surface area contributed by atoms with Gasteiger partial charge in [-0.05, 0) is 24.6 Å². The summed E-state index contributed by atoms with van der Waals surface area (Å²) in [7, 11) is 1.61. The predicted molar refractivity (Wildman–Crippen MR) is 113 cm³/mol. The van der Waals surface area contributed by atoms with Crippen LogP contribution in [0.15, 0.2) is 59.4 Å². The van der Waals surface area contributed by atoms with Crippen molar-refractivity contribution in [1.82, 2.24) is 14.7 Å². The van der Waals surface area contributed by atoms with Crippen molar-refractivity contribution >= 4 is 29.1 Å². The number of aromatic nitrogens is 2. The molecule has 28 heavy (non-hydrogen) atoms. The Morgan fingerprint density at radius 3 is 2.39 bits per heavy atom. The van der Waals surface area contributed by atoms with Gasteiger partial charge in [0, 0.05) is 25.5 Å². The lowest BCUT2D eigenvalue weighted by Crippen LogP contribution is -2.34. The highest BCUT2D eigenvalue weighted by Gasteiger charge is 2.18. The number of hydrogen-bond donors (Lipinski definition) is 1. The Balaban J connectivity index is 0.00000280. The van der Waals surface area contributed by atoms with Crippen molar-refractivity contribution < 1.29 is 4.79 Å². The highest BCUT2D eigenvalue weighted by atomic mass is 35.5. The molecule has 0 bridgehead atoms. The fraction of sp³-hybridized carbons (Fsp3) is 0.286. The van der Waals surface area contributed by atoms with Crippen molar-refractivity contribution in [3.05, 3.63) is 76.2 Å². The first kappa shape index (κ1) is 21.6. The molecule has 0 aliphatic rings. The smallest absolute Gasteiger partial charge is 0.274 e. The third-order valence-corrected chi connectivity index (χ3v) is 4.55. The van der Waals surface area contributed by atoms with E-state index < -0.39 is 0 Å². The molecule has 3 rings (SSSR count). The van der Waals surface area contributed by atoms with Gasteiger partial charge in [0.1, 0.15) is 0 Å². The van der Waals surface area contributed by atoms with E-state index in [1.54, 1.807) is 13.1 Å². The zero-order valence-corrected chi connectivity index (χ0v) is 16.7. The van der Waals surface area contributed by atoms with Crippen molar-refractivity contribution in [2.45, 2.75) is 19.4 Å². The van der Waals surface area contributed by atoms with E-state index in [0.29, 0.717) is 30.7 Å². The van der Waals surface area contributed by atoms with Gasteiger partial charge in [-0.2, -0.15) is 5.10 Å². The fourth-order valence-electron chi connectivity index (χ4n) is 3.14. The Morgan fingerprint density at radius 1 is 1.07 bits per heavy atom. The minimum absolute atomic E-state index is 0. The maximum atomic E-state index is 13.0. The largest absolute Gasteiger partial charge is 0.338 e. The highest BCUT2D eigenvalue weighted by molar-refractivity contribution is 5.88. The molecular weight excluding hydrogens is 376 g/mol. The number of nitrogens with zero attached hydrogens (tertiary/aromatic N) is 3. The van der Waals surface area contributed by atoms with E-state index in [1.807, 2.05) is 53.4 Å². The van der Waals surface area contributed by atoms with Gasteiger partial charge in [0.2, 0.25) is 5.91 Å². The minimum Gasteiger partial charge on any atom is -0.338 e. The predicted octanol–water partition coefficient (Wildman–Crippen LogP) is 2.28. The molecule has 0 aliphatic heterocycles. The van der Waals surface area contributed by atoms with Crippen molar-refractivity contribution in [1.29, 1.82) is 0 Å². The van der Waals surface area contributed by atoms with Gasteiger partial charge in [0.05, 0.1) is 17.5 Å². The van der Waals surface area contributed by atoms with Crippen molar-refractivity contribution in [2.24, 2.45) is 12.8 Å². The lowest BCUT2D eigenvalue weighted by Gasteiger charge is -2.23. The van der Waals surface area contributed by atoms with E-state index in [2.05, 4.69) is 5.10 Å². The summed E-state index contributed by atoms with van der Waals surface area (Å²) in [6.07, 6.45) is 0.881. The first-order chi connectivity index (χ1) is 13.1. The maximum Gasteiger partial charge on any atom is 0.274 e. The second-order valence-corrected chi connectivity index (χ2v) is 6.54. The van der Waals surface area contributed by atoms with Crippen LogP contribution in [-0.4, -0.2) is 33.7 Å². The molecule has 0 radical (unpaired) electrons. The van der Waals surface area contributed by atoms with Gasteiger partial charge >= 0.3 is 0 Å². The Labute approximate surface area is 170 Å². The summed E-state index contributed by atoms with van der Waals surface area (Å²) >= 11 is 0. The standard InChI is InChI=1S/C21H24N4O2.ClH/c1-24-21(27)18-11-6-5-10-17(18)19(23-24)14-20(26)25(13-7-12-22)15-16-8-3-2-4-9-16;/h2-6,8-11H,7,12-15,22H2,1H3;1H. The van der Waals surface area contributed by atoms with Gasteiger partial charge in [-0.25, -0.2) is 4.68 Å². The molecule has 0 spiro atoms. The maximum absolute atomic E-state index is 13.0. The number of amides is 1. The summed E-state index contributed by atoms with van der Waals surface area (Å²) < 4.78 is 1.30. The second-order valence-electron chi connectivity index (χ2n) is 6.54. The quantitative estimate of drug-likeness (QED) is 0.659. The SMILES string of the molecule is Cl.Cn1nc(CC(=O)N(CCCN)Cc2ccccc2)c2ccccc2c1=O. The molecule has 2 N–H and O–H groups in total. The minimum atomic E-state index is -0.161. The first-order valence-corrected chi connectivity index (χ1v) is 9.07. The van der Waals surface area contributed by atoms with Gasteiger partial charge in [-0.15, -0.1) is 12.4 Å². The number of halogens is 1. The zero-order chi connectivity index (χ0) is 19.2. The van der Waals surface area contributed by atoms with Crippen LogP contribution in [0.4, 0.5) is 0 Å².